The van der Waals surface area contributed by atoms with Crippen LogP contribution in [0.1, 0.15) is 28.8 Å². The van der Waals surface area contributed by atoms with Gasteiger partial charge in [0.1, 0.15) is 0 Å². The third kappa shape index (κ3) is 3.33. The van der Waals surface area contributed by atoms with Crippen LogP contribution in [0.25, 0.3) is 11.1 Å². The van der Waals surface area contributed by atoms with Crippen LogP contribution in [0.3, 0.4) is 0 Å². The molecule has 0 radical (unpaired) electrons. The Kier molecular flexibility index (Phi) is 3.78. The summed E-state index contributed by atoms with van der Waals surface area (Å²) in [6.07, 6.45) is 2.54. The van der Waals surface area contributed by atoms with Crippen molar-refractivity contribution >= 4 is 5.91 Å². The molecule has 0 spiro atoms. The van der Waals surface area contributed by atoms with Crippen molar-refractivity contribution in [2.45, 2.75) is 19.8 Å². The largest absolute Gasteiger partial charge is 0.341 e. The maximum absolute atomic E-state index is 12.3. The second-order valence-corrected chi connectivity index (χ2v) is 6.07. The highest BCUT2D eigenvalue weighted by Crippen LogP contribution is 2.29. The van der Waals surface area contributed by atoms with E-state index in [4.69, 9.17) is 0 Å². The molecule has 1 aliphatic carbocycles. The molecule has 0 aliphatic heterocycles. The first-order chi connectivity index (χ1) is 10.1. The van der Waals surface area contributed by atoms with Gasteiger partial charge >= 0.3 is 0 Å². The highest BCUT2D eigenvalue weighted by molar-refractivity contribution is 5.94. The fourth-order valence-electron chi connectivity index (χ4n) is 2.54. The molecule has 1 amide bonds. The van der Waals surface area contributed by atoms with Crippen LogP contribution in [-0.2, 0) is 0 Å². The summed E-state index contributed by atoms with van der Waals surface area (Å²) in [7, 11) is 1.90. The average molecular weight is 279 g/mol. The van der Waals surface area contributed by atoms with Crippen LogP contribution in [-0.4, -0.2) is 24.4 Å². The summed E-state index contributed by atoms with van der Waals surface area (Å²) in [5, 5.41) is 0. The van der Waals surface area contributed by atoms with Crippen LogP contribution in [0.5, 0.6) is 0 Å². The predicted molar refractivity (Wildman–Crippen MR) is 86.3 cm³/mol. The van der Waals surface area contributed by atoms with Gasteiger partial charge in [-0.25, -0.2) is 0 Å². The molecule has 0 unspecified atom stereocenters. The van der Waals surface area contributed by atoms with Crippen molar-refractivity contribution in [1.82, 2.24) is 4.90 Å². The zero-order valence-electron chi connectivity index (χ0n) is 12.7. The van der Waals surface area contributed by atoms with Crippen molar-refractivity contribution in [3.05, 3.63) is 59.7 Å². The fourth-order valence-corrected chi connectivity index (χ4v) is 2.54. The maximum Gasteiger partial charge on any atom is 0.253 e. The molecule has 0 bridgehead atoms. The summed E-state index contributed by atoms with van der Waals surface area (Å²) < 4.78 is 0. The van der Waals surface area contributed by atoms with E-state index in [2.05, 4.69) is 31.2 Å². The smallest absolute Gasteiger partial charge is 0.253 e. The van der Waals surface area contributed by atoms with E-state index < -0.39 is 0 Å². The molecule has 0 heterocycles. The van der Waals surface area contributed by atoms with Gasteiger partial charge in [0.25, 0.3) is 5.91 Å². The Hall–Kier alpha value is -2.09. The molecule has 3 rings (SSSR count). The number of hydrogen-bond donors (Lipinski definition) is 0. The topological polar surface area (TPSA) is 20.3 Å². The highest BCUT2D eigenvalue weighted by Gasteiger charge is 2.25. The molecule has 0 saturated heterocycles. The maximum atomic E-state index is 12.3. The molecule has 2 nitrogen and oxygen atoms in total. The number of hydrogen-bond acceptors (Lipinski definition) is 1. The van der Waals surface area contributed by atoms with E-state index in [9.17, 15) is 4.79 Å². The lowest BCUT2D eigenvalue weighted by Gasteiger charge is -2.17. The Morgan fingerprint density at radius 3 is 2.05 bits per heavy atom. The van der Waals surface area contributed by atoms with Gasteiger partial charge in [-0.1, -0.05) is 42.0 Å². The zero-order valence-corrected chi connectivity index (χ0v) is 12.7. The van der Waals surface area contributed by atoms with Crippen molar-refractivity contribution < 1.29 is 4.79 Å². The van der Waals surface area contributed by atoms with E-state index in [1.165, 1.54) is 24.0 Å². The molecule has 0 atom stereocenters. The summed E-state index contributed by atoms with van der Waals surface area (Å²) in [5.74, 6) is 0.850. The molecule has 1 aliphatic rings. The molecule has 2 heteroatoms. The number of rotatable bonds is 4. The minimum atomic E-state index is 0.123. The van der Waals surface area contributed by atoms with E-state index in [0.29, 0.717) is 0 Å². The third-order valence-electron chi connectivity index (χ3n) is 4.09. The molecular weight excluding hydrogens is 258 g/mol. The molecule has 1 fully saturated rings. The lowest BCUT2D eigenvalue weighted by Crippen LogP contribution is -2.28. The van der Waals surface area contributed by atoms with Crippen molar-refractivity contribution in [3.63, 3.8) is 0 Å². The number of carbonyl (C=O) groups is 1. The van der Waals surface area contributed by atoms with E-state index in [1.54, 1.807) is 0 Å². The summed E-state index contributed by atoms with van der Waals surface area (Å²) in [6, 6.07) is 16.4. The third-order valence-corrected chi connectivity index (χ3v) is 4.09. The van der Waals surface area contributed by atoms with Gasteiger partial charge in [-0.3, -0.25) is 4.79 Å². The molecule has 1 saturated carbocycles. The van der Waals surface area contributed by atoms with E-state index >= 15 is 0 Å². The molecule has 21 heavy (non-hydrogen) atoms. The van der Waals surface area contributed by atoms with Crippen LogP contribution in [0.4, 0.5) is 0 Å². The van der Waals surface area contributed by atoms with Crippen LogP contribution in [0, 0.1) is 12.8 Å². The predicted octanol–water partition coefficient (Wildman–Crippen LogP) is 4.14. The zero-order chi connectivity index (χ0) is 14.8. The number of benzene rings is 2. The highest BCUT2D eigenvalue weighted by atomic mass is 16.2. The number of amides is 1. The van der Waals surface area contributed by atoms with Gasteiger partial charge in [-0.2, -0.15) is 0 Å². The number of nitrogens with zero attached hydrogens (tertiary/aromatic N) is 1. The Morgan fingerprint density at radius 2 is 1.52 bits per heavy atom. The van der Waals surface area contributed by atoms with Crippen molar-refractivity contribution in [1.29, 1.82) is 0 Å². The van der Waals surface area contributed by atoms with Crippen molar-refractivity contribution in [2.24, 2.45) is 5.92 Å². The minimum absolute atomic E-state index is 0.123. The molecule has 2 aromatic carbocycles. The Balaban J connectivity index is 1.73. The molecule has 2 aromatic rings. The Labute approximate surface area is 126 Å². The molecule has 0 aromatic heterocycles. The Bertz CT molecular complexity index is 624. The van der Waals surface area contributed by atoms with Gasteiger partial charge in [0.05, 0.1) is 0 Å². The number of aryl methyl sites for hydroxylation is 1. The van der Waals surface area contributed by atoms with Gasteiger partial charge in [-0.15, -0.1) is 0 Å². The van der Waals surface area contributed by atoms with Crippen molar-refractivity contribution in [2.75, 3.05) is 13.6 Å². The normalized spacial score (nSPS) is 14.0. The SMILES string of the molecule is Cc1ccc(-c2ccc(C(=O)N(C)CC3CC3)cc2)cc1. The minimum Gasteiger partial charge on any atom is -0.341 e. The van der Waals surface area contributed by atoms with Gasteiger partial charge in [0.2, 0.25) is 0 Å². The first-order valence-electron chi connectivity index (χ1n) is 7.56. The summed E-state index contributed by atoms with van der Waals surface area (Å²) in [6.45, 7) is 2.97. The summed E-state index contributed by atoms with van der Waals surface area (Å²) in [5.41, 5.74) is 4.36. The van der Waals surface area contributed by atoms with Gasteiger partial charge in [-0.05, 0) is 48.9 Å². The van der Waals surface area contributed by atoms with E-state index in [-0.39, 0.29) is 5.91 Å². The molecule has 108 valence electrons. The van der Waals surface area contributed by atoms with Crippen molar-refractivity contribution in [3.8, 4) is 11.1 Å². The quantitative estimate of drug-likeness (QED) is 0.823. The lowest BCUT2D eigenvalue weighted by molar-refractivity contribution is 0.0788. The number of carbonyl (C=O) groups excluding carboxylic acids is 1. The Morgan fingerprint density at radius 1 is 1.00 bits per heavy atom. The average Bonchev–Trinajstić information content (AvgIpc) is 3.31. The van der Waals surface area contributed by atoms with E-state index in [0.717, 1.165) is 23.6 Å². The van der Waals surface area contributed by atoms with Crippen LogP contribution >= 0.6 is 0 Å². The first-order valence-corrected chi connectivity index (χ1v) is 7.56. The van der Waals surface area contributed by atoms with Gasteiger partial charge in [0.15, 0.2) is 0 Å². The fraction of sp³-hybridized carbons (Fsp3) is 0.316. The second-order valence-electron chi connectivity index (χ2n) is 6.07. The first kappa shape index (κ1) is 13.9. The standard InChI is InChI=1S/C19H21NO/c1-14-3-7-16(8-4-14)17-9-11-18(12-10-17)19(21)20(2)13-15-5-6-15/h3-4,7-12,15H,5-6,13H2,1-2H3. The van der Waals surface area contributed by atoms with Gasteiger partial charge < -0.3 is 4.90 Å². The van der Waals surface area contributed by atoms with Gasteiger partial charge in [0, 0.05) is 19.2 Å². The monoisotopic (exact) mass is 279 g/mol. The summed E-state index contributed by atoms with van der Waals surface area (Å²) in [4.78, 5) is 14.2. The van der Waals surface area contributed by atoms with Crippen LogP contribution < -0.4 is 0 Å². The van der Waals surface area contributed by atoms with Crippen LogP contribution in [0.2, 0.25) is 0 Å². The van der Waals surface area contributed by atoms with E-state index in [1.807, 2.05) is 36.2 Å². The second kappa shape index (κ2) is 5.72. The molecular formula is C19H21NO. The van der Waals surface area contributed by atoms with Crippen LogP contribution in [0.15, 0.2) is 48.5 Å². The lowest BCUT2D eigenvalue weighted by atomic mass is 10.0. The molecule has 0 N–H and O–H groups in total. The summed E-state index contributed by atoms with van der Waals surface area (Å²) >= 11 is 0.